The second kappa shape index (κ2) is 8.14. The molecule has 1 aromatic carbocycles. The SMILES string of the molecule is Cc1ccc(Br)cc1Nc1nccc(-c2cc(C(=O)[O-])cn2C)n1.[Na+]. The maximum atomic E-state index is 11.0. The normalized spacial score (nSPS) is 10.2. The van der Waals surface area contributed by atoms with Gasteiger partial charge in [-0.05, 0) is 36.8 Å². The number of aromatic nitrogens is 3. The molecule has 8 heteroatoms. The van der Waals surface area contributed by atoms with Gasteiger partial charge in [0.1, 0.15) is 0 Å². The number of carbonyl (C=O) groups excluding carboxylic acids is 1. The molecule has 1 N–H and O–H groups in total. The van der Waals surface area contributed by atoms with Crippen LogP contribution in [-0.4, -0.2) is 20.5 Å². The molecule has 0 spiro atoms. The van der Waals surface area contributed by atoms with Crippen LogP contribution in [0.3, 0.4) is 0 Å². The van der Waals surface area contributed by atoms with Gasteiger partial charge in [-0.1, -0.05) is 22.0 Å². The number of nitrogens with one attached hydrogen (secondary N) is 1. The van der Waals surface area contributed by atoms with E-state index < -0.39 is 5.97 Å². The predicted octanol–water partition coefficient (Wildman–Crippen LogP) is -0.336. The average molecular weight is 409 g/mol. The van der Waals surface area contributed by atoms with Gasteiger partial charge in [-0.25, -0.2) is 9.97 Å². The van der Waals surface area contributed by atoms with Crippen molar-refractivity contribution < 1.29 is 39.5 Å². The first-order valence-corrected chi connectivity index (χ1v) is 7.97. The number of rotatable bonds is 4. The first-order valence-electron chi connectivity index (χ1n) is 7.18. The number of benzene rings is 1. The van der Waals surface area contributed by atoms with Crippen LogP contribution in [0.1, 0.15) is 15.9 Å². The third kappa shape index (κ3) is 4.49. The van der Waals surface area contributed by atoms with Crippen molar-refractivity contribution in [1.29, 1.82) is 0 Å². The smallest absolute Gasteiger partial charge is 0.545 e. The van der Waals surface area contributed by atoms with Crippen molar-refractivity contribution in [3.05, 3.63) is 58.3 Å². The zero-order valence-electron chi connectivity index (χ0n) is 14.1. The molecule has 0 saturated heterocycles. The maximum absolute atomic E-state index is 11.0. The minimum atomic E-state index is -1.21. The number of aryl methyl sites for hydroxylation is 2. The molecule has 3 rings (SSSR count). The van der Waals surface area contributed by atoms with Gasteiger partial charge >= 0.3 is 29.6 Å². The number of halogens is 1. The van der Waals surface area contributed by atoms with Crippen molar-refractivity contribution in [3.63, 3.8) is 0 Å². The molecule has 0 aliphatic carbocycles. The number of carbonyl (C=O) groups is 1. The monoisotopic (exact) mass is 408 g/mol. The number of nitrogens with zero attached hydrogens (tertiary/aromatic N) is 3. The second-order valence-electron chi connectivity index (χ2n) is 5.36. The fourth-order valence-electron chi connectivity index (χ4n) is 2.34. The van der Waals surface area contributed by atoms with Gasteiger partial charge in [0, 0.05) is 35.2 Å². The molecule has 0 saturated carbocycles. The molecular formula is C17H14BrN4NaO2. The Labute approximate surface area is 175 Å². The summed E-state index contributed by atoms with van der Waals surface area (Å²) in [6.07, 6.45) is 3.13. The van der Waals surface area contributed by atoms with Gasteiger partial charge in [-0.15, -0.1) is 0 Å². The zero-order valence-corrected chi connectivity index (χ0v) is 17.7. The first-order chi connectivity index (χ1) is 11.4. The van der Waals surface area contributed by atoms with E-state index in [0.29, 0.717) is 17.3 Å². The summed E-state index contributed by atoms with van der Waals surface area (Å²) in [6.45, 7) is 1.99. The summed E-state index contributed by atoms with van der Waals surface area (Å²) in [4.78, 5) is 19.7. The van der Waals surface area contributed by atoms with E-state index in [2.05, 4.69) is 31.2 Å². The Balaban J connectivity index is 0.00000225. The molecule has 2 aromatic heterocycles. The molecule has 0 radical (unpaired) electrons. The average Bonchev–Trinajstić information content (AvgIpc) is 2.93. The minimum Gasteiger partial charge on any atom is -0.545 e. The van der Waals surface area contributed by atoms with Crippen molar-refractivity contribution in [2.75, 3.05) is 5.32 Å². The number of hydrogen-bond acceptors (Lipinski definition) is 5. The van der Waals surface area contributed by atoms with Gasteiger partial charge in [0.25, 0.3) is 0 Å². The van der Waals surface area contributed by atoms with Crippen molar-refractivity contribution >= 4 is 33.5 Å². The van der Waals surface area contributed by atoms with E-state index in [4.69, 9.17) is 0 Å². The van der Waals surface area contributed by atoms with E-state index in [-0.39, 0.29) is 35.1 Å². The molecule has 3 aromatic rings. The molecule has 25 heavy (non-hydrogen) atoms. The quantitative estimate of drug-likeness (QED) is 0.597. The van der Waals surface area contributed by atoms with Crippen LogP contribution in [0.5, 0.6) is 0 Å². The van der Waals surface area contributed by atoms with E-state index in [0.717, 1.165) is 15.7 Å². The standard InChI is InChI=1S/C17H15BrN4O2.Na/c1-10-3-4-12(18)8-14(10)21-17-19-6-5-13(20-17)15-7-11(16(23)24)9-22(15)2;/h3-9H,1-2H3,(H,23,24)(H,19,20,21);/q;+1/p-1. The third-order valence-corrected chi connectivity index (χ3v) is 4.10. The van der Waals surface area contributed by atoms with Crippen LogP contribution >= 0.6 is 15.9 Å². The van der Waals surface area contributed by atoms with E-state index in [1.54, 1.807) is 23.9 Å². The molecule has 2 heterocycles. The van der Waals surface area contributed by atoms with Crippen LogP contribution in [0.25, 0.3) is 11.4 Å². The Kier molecular flexibility index (Phi) is 6.40. The number of anilines is 2. The van der Waals surface area contributed by atoms with Crippen molar-refractivity contribution in [2.45, 2.75) is 6.92 Å². The van der Waals surface area contributed by atoms with E-state index in [9.17, 15) is 9.90 Å². The molecule has 0 amide bonds. The Morgan fingerprint density at radius 1 is 1.28 bits per heavy atom. The van der Waals surface area contributed by atoms with Crippen LogP contribution < -0.4 is 40.0 Å². The number of hydrogen-bond donors (Lipinski definition) is 1. The topological polar surface area (TPSA) is 82.9 Å². The Hall–Kier alpha value is -1.67. The second-order valence-corrected chi connectivity index (χ2v) is 6.28. The molecular weight excluding hydrogens is 395 g/mol. The minimum absolute atomic E-state index is 0. The van der Waals surface area contributed by atoms with Crippen LogP contribution in [0.2, 0.25) is 0 Å². The van der Waals surface area contributed by atoms with Crippen molar-refractivity contribution in [2.24, 2.45) is 7.05 Å². The van der Waals surface area contributed by atoms with Gasteiger partial charge in [-0.2, -0.15) is 0 Å². The van der Waals surface area contributed by atoms with Gasteiger partial charge < -0.3 is 19.8 Å². The summed E-state index contributed by atoms with van der Waals surface area (Å²) < 4.78 is 2.65. The Morgan fingerprint density at radius 3 is 2.72 bits per heavy atom. The van der Waals surface area contributed by atoms with E-state index in [1.165, 1.54) is 12.3 Å². The zero-order chi connectivity index (χ0) is 17.3. The third-order valence-electron chi connectivity index (χ3n) is 3.60. The Bertz CT molecular complexity index is 927. The van der Waals surface area contributed by atoms with Gasteiger partial charge in [-0.3, -0.25) is 0 Å². The van der Waals surface area contributed by atoms with Crippen molar-refractivity contribution in [3.8, 4) is 11.4 Å². The molecule has 0 atom stereocenters. The molecule has 0 unspecified atom stereocenters. The molecule has 6 nitrogen and oxygen atoms in total. The number of aromatic carboxylic acids is 1. The van der Waals surface area contributed by atoms with Crippen LogP contribution in [0, 0.1) is 6.92 Å². The van der Waals surface area contributed by atoms with Gasteiger partial charge in [0.2, 0.25) is 5.95 Å². The molecule has 0 bridgehead atoms. The summed E-state index contributed by atoms with van der Waals surface area (Å²) in [5, 5.41) is 14.2. The summed E-state index contributed by atoms with van der Waals surface area (Å²) in [5.74, 6) is -0.779. The fourth-order valence-corrected chi connectivity index (χ4v) is 2.70. The summed E-state index contributed by atoms with van der Waals surface area (Å²) >= 11 is 3.44. The van der Waals surface area contributed by atoms with Gasteiger partial charge in [0.15, 0.2) is 0 Å². The molecule has 0 aliphatic rings. The van der Waals surface area contributed by atoms with Crippen molar-refractivity contribution in [1.82, 2.24) is 14.5 Å². The Morgan fingerprint density at radius 2 is 2.04 bits per heavy atom. The van der Waals surface area contributed by atoms with E-state index >= 15 is 0 Å². The molecule has 0 fully saturated rings. The summed E-state index contributed by atoms with van der Waals surface area (Å²) in [5.41, 5.74) is 3.36. The number of carboxylic acids is 1. The summed E-state index contributed by atoms with van der Waals surface area (Å²) in [6, 6.07) is 9.16. The summed E-state index contributed by atoms with van der Waals surface area (Å²) in [7, 11) is 1.76. The molecule has 0 aliphatic heterocycles. The first kappa shape index (κ1) is 19.7. The van der Waals surface area contributed by atoms with Crippen LogP contribution in [0.4, 0.5) is 11.6 Å². The predicted molar refractivity (Wildman–Crippen MR) is 92.9 cm³/mol. The molecule has 122 valence electrons. The van der Waals surface area contributed by atoms with Crippen LogP contribution in [0.15, 0.2) is 47.2 Å². The van der Waals surface area contributed by atoms with Crippen LogP contribution in [-0.2, 0) is 7.05 Å². The maximum Gasteiger partial charge on any atom is 1.00 e. The number of carboxylic acid groups (broad SMARTS) is 1. The van der Waals surface area contributed by atoms with Gasteiger partial charge in [0.05, 0.1) is 17.4 Å². The fraction of sp³-hybridized carbons (Fsp3) is 0.118. The largest absolute Gasteiger partial charge is 1.00 e. The van der Waals surface area contributed by atoms with E-state index in [1.807, 2.05) is 25.1 Å².